The monoisotopic (exact) mass is 297 g/mol. The van der Waals surface area contributed by atoms with Gasteiger partial charge in [-0.3, -0.25) is 9.78 Å². The first-order valence-electron chi connectivity index (χ1n) is 6.63. The van der Waals surface area contributed by atoms with Crippen LogP contribution >= 0.6 is 0 Å². The minimum absolute atomic E-state index is 0.0626. The van der Waals surface area contributed by atoms with Crippen molar-refractivity contribution in [3.8, 4) is 0 Å². The van der Waals surface area contributed by atoms with Gasteiger partial charge in [0.2, 0.25) is 10.0 Å². The molecule has 0 bridgehead atoms. The van der Waals surface area contributed by atoms with Gasteiger partial charge in [0.05, 0.1) is 6.26 Å². The highest BCUT2D eigenvalue weighted by Gasteiger charge is 2.27. The number of rotatable bonds is 4. The molecule has 7 heteroatoms. The summed E-state index contributed by atoms with van der Waals surface area (Å²) in [6.45, 7) is 0.937. The fraction of sp³-hybridized carbons (Fsp3) is 0.538. The summed E-state index contributed by atoms with van der Waals surface area (Å²) in [5, 5.41) is 0. The number of likely N-dealkylation sites (tertiary alicyclic amines) is 1. The maximum atomic E-state index is 12.5. The Morgan fingerprint density at radius 3 is 2.75 bits per heavy atom. The summed E-state index contributed by atoms with van der Waals surface area (Å²) in [5.74, 6) is -0.0626. The second kappa shape index (κ2) is 6.32. The number of nitrogens with one attached hydrogen (secondary N) is 1. The van der Waals surface area contributed by atoms with Gasteiger partial charge in [0, 0.05) is 37.1 Å². The molecule has 1 aromatic rings. The van der Waals surface area contributed by atoms with E-state index < -0.39 is 10.0 Å². The van der Waals surface area contributed by atoms with Gasteiger partial charge < -0.3 is 4.90 Å². The van der Waals surface area contributed by atoms with Gasteiger partial charge in [-0.1, -0.05) is 0 Å². The molecule has 110 valence electrons. The predicted octanol–water partition coefficient (Wildman–Crippen LogP) is 0.625. The van der Waals surface area contributed by atoms with Crippen LogP contribution in [0.2, 0.25) is 0 Å². The maximum Gasteiger partial charge on any atom is 0.254 e. The third-order valence-corrected chi connectivity index (χ3v) is 4.09. The molecular weight excluding hydrogens is 278 g/mol. The molecule has 0 aromatic carbocycles. The number of carbonyl (C=O) groups excluding carboxylic acids is 1. The number of hydrogen-bond donors (Lipinski definition) is 1. The Hall–Kier alpha value is -1.47. The summed E-state index contributed by atoms with van der Waals surface area (Å²) in [4.78, 5) is 18.1. The number of pyridine rings is 1. The number of piperidine rings is 1. The molecule has 0 spiro atoms. The highest BCUT2D eigenvalue weighted by Crippen LogP contribution is 2.19. The molecule has 20 heavy (non-hydrogen) atoms. The Bertz CT molecular complexity index is 559. The van der Waals surface area contributed by atoms with Crippen molar-refractivity contribution < 1.29 is 13.2 Å². The van der Waals surface area contributed by atoms with Crippen LogP contribution in [0.15, 0.2) is 24.5 Å². The molecule has 6 nitrogen and oxygen atoms in total. The highest BCUT2D eigenvalue weighted by molar-refractivity contribution is 7.88. The van der Waals surface area contributed by atoms with E-state index >= 15 is 0 Å². The number of sulfonamides is 1. The Morgan fingerprint density at radius 1 is 1.40 bits per heavy atom. The molecule has 1 aliphatic rings. The molecule has 2 heterocycles. The standard InChI is InChI=1S/C13H19N3O3S/c1-20(18,19)15-10-12-4-2-3-9-16(12)13(17)11-5-7-14-8-6-11/h5-8,12,15H,2-4,9-10H2,1H3/t12-/m1/s1. The summed E-state index contributed by atoms with van der Waals surface area (Å²) in [5.41, 5.74) is 0.589. The molecule has 0 aliphatic carbocycles. The number of amides is 1. The smallest absolute Gasteiger partial charge is 0.254 e. The zero-order chi connectivity index (χ0) is 14.6. The molecule has 2 rings (SSSR count). The summed E-state index contributed by atoms with van der Waals surface area (Å²) >= 11 is 0. The van der Waals surface area contributed by atoms with Gasteiger partial charge in [0.1, 0.15) is 0 Å². The van der Waals surface area contributed by atoms with Crippen molar-refractivity contribution in [3.63, 3.8) is 0 Å². The quantitative estimate of drug-likeness (QED) is 0.884. The van der Waals surface area contributed by atoms with E-state index in [9.17, 15) is 13.2 Å². The Balaban J connectivity index is 2.09. The molecule has 0 unspecified atom stereocenters. The molecule has 0 saturated carbocycles. The Kier molecular flexibility index (Phi) is 4.72. The van der Waals surface area contributed by atoms with Crippen molar-refractivity contribution in [3.05, 3.63) is 30.1 Å². The first-order chi connectivity index (χ1) is 9.47. The van der Waals surface area contributed by atoms with E-state index in [2.05, 4.69) is 9.71 Å². The molecule has 1 aromatic heterocycles. The van der Waals surface area contributed by atoms with Crippen molar-refractivity contribution in [1.29, 1.82) is 0 Å². The topological polar surface area (TPSA) is 79.4 Å². The van der Waals surface area contributed by atoms with E-state index in [4.69, 9.17) is 0 Å². The summed E-state index contributed by atoms with van der Waals surface area (Å²) in [6, 6.07) is 3.27. The van der Waals surface area contributed by atoms with Crippen molar-refractivity contribution >= 4 is 15.9 Å². The third-order valence-electron chi connectivity index (χ3n) is 3.40. The lowest BCUT2D eigenvalue weighted by Gasteiger charge is -2.35. The van der Waals surface area contributed by atoms with E-state index in [-0.39, 0.29) is 18.5 Å². The van der Waals surface area contributed by atoms with Crippen LogP contribution in [0.1, 0.15) is 29.6 Å². The third kappa shape index (κ3) is 4.01. The van der Waals surface area contributed by atoms with Gasteiger partial charge in [-0.2, -0.15) is 0 Å². The Labute approximate surface area is 119 Å². The molecule has 0 radical (unpaired) electrons. The SMILES string of the molecule is CS(=O)(=O)NC[C@H]1CCCCN1C(=O)c1ccncc1. The van der Waals surface area contributed by atoms with Gasteiger partial charge in [-0.15, -0.1) is 0 Å². The maximum absolute atomic E-state index is 12.5. The number of nitrogens with zero attached hydrogens (tertiary/aromatic N) is 2. The summed E-state index contributed by atoms with van der Waals surface area (Å²) < 4.78 is 24.9. The fourth-order valence-electron chi connectivity index (χ4n) is 2.39. The zero-order valence-electron chi connectivity index (χ0n) is 11.4. The van der Waals surface area contributed by atoms with E-state index in [0.29, 0.717) is 12.1 Å². The molecule has 1 fully saturated rings. The van der Waals surface area contributed by atoms with Crippen LogP contribution in [0.4, 0.5) is 0 Å². The average molecular weight is 297 g/mol. The van der Waals surface area contributed by atoms with Crippen LogP contribution in [0.5, 0.6) is 0 Å². The van der Waals surface area contributed by atoms with Crippen LogP contribution < -0.4 is 4.72 Å². The second-order valence-corrected chi connectivity index (χ2v) is 6.84. The lowest BCUT2D eigenvalue weighted by atomic mass is 10.0. The van der Waals surface area contributed by atoms with Crippen LogP contribution in [0.3, 0.4) is 0 Å². The molecule has 1 saturated heterocycles. The van der Waals surface area contributed by atoms with Gasteiger partial charge >= 0.3 is 0 Å². The minimum Gasteiger partial charge on any atom is -0.334 e. The van der Waals surface area contributed by atoms with Crippen molar-refractivity contribution in [2.45, 2.75) is 25.3 Å². The lowest BCUT2D eigenvalue weighted by Crippen LogP contribution is -2.49. The van der Waals surface area contributed by atoms with Gasteiger partial charge in [0.25, 0.3) is 5.91 Å². The van der Waals surface area contributed by atoms with Crippen LogP contribution in [0, 0.1) is 0 Å². The summed E-state index contributed by atoms with van der Waals surface area (Å²) in [7, 11) is -3.24. The molecule has 1 aliphatic heterocycles. The van der Waals surface area contributed by atoms with Crippen LogP contribution in [-0.2, 0) is 10.0 Å². The normalized spacial score (nSPS) is 19.9. The van der Waals surface area contributed by atoms with Crippen LogP contribution in [0.25, 0.3) is 0 Å². The van der Waals surface area contributed by atoms with Crippen molar-refractivity contribution in [1.82, 2.24) is 14.6 Å². The highest BCUT2D eigenvalue weighted by atomic mass is 32.2. The van der Waals surface area contributed by atoms with Gasteiger partial charge in [-0.25, -0.2) is 13.1 Å². The van der Waals surface area contributed by atoms with E-state index in [1.165, 1.54) is 0 Å². The van der Waals surface area contributed by atoms with Crippen molar-refractivity contribution in [2.75, 3.05) is 19.3 Å². The Morgan fingerprint density at radius 2 is 2.10 bits per heavy atom. The first-order valence-corrected chi connectivity index (χ1v) is 8.52. The largest absolute Gasteiger partial charge is 0.334 e. The van der Waals surface area contributed by atoms with Crippen molar-refractivity contribution in [2.24, 2.45) is 0 Å². The zero-order valence-corrected chi connectivity index (χ0v) is 12.3. The van der Waals surface area contributed by atoms with Crippen LogP contribution in [-0.4, -0.2) is 49.6 Å². The van der Waals surface area contributed by atoms with E-state index in [1.807, 2.05) is 0 Å². The number of hydrogen-bond acceptors (Lipinski definition) is 4. The molecular formula is C13H19N3O3S. The average Bonchev–Trinajstić information content (AvgIpc) is 2.45. The van der Waals surface area contributed by atoms with E-state index in [1.54, 1.807) is 29.4 Å². The summed E-state index contributed by atoms with van der Waals surface area (Å²) in [6.07, 6.45) is 7.08. The number of carbonyl (C=O) groups is 1. The molecule has 1 N–H and O–H groups in total. The van der Waals surface area contributed by atoms with Gasteiger partial charge in [0.15, 0.2) is 0 Å². The molecule has 1 amide bonds. The van der Waals surface area contributed by atoms with E-state index in [0.717, 1.165) is 25.5 Å². The fourth-order valence-corrected chi connectivity index (χ4v) is 2.88. The lowest BCUT2D eigenvalue weighted by molar-refractivity contribution is 0.0618. The number of aromatic nitrogens is 1. The minimum atomic E-state index is -3.24. The first kappa shape index (κ1) is 14.9. The second-order valence-electron chi connectivity index (χ2n) is 5.00. The molecule has 1 atom stereocenters. The van der Waals surface area contributed by atoms with Gasteiger partial charge in [-0.05, 0) is 31.4 Å². The predicted molar refractivity (Wildman–Crippen MR) is 75.8 cm³/mol.